The highest BCUT2D eigenvalue weighted by molar-refractivity contribution is 5.76. The maximum Gasteiger partial charge on any atom is 0.315 e. The number of carboxylic acid groups (broad SMARTS) is 1. The standard InChI is InChI=1S/C12H22N2O4/c1-8-9(4-5-18-8)7-13-11(17)14-12(2,3)6-10(15)16/h8-9H,4-7H2,1-3H3,(H,15,16)(H2,13,14,17). The molecule has 2 amide bonds. The molecule has 18 heavy (non-hydrogen) atoms. The molecule has 6 heteroatoms. The Labute approximate surface area is 107 Å². The number of hydrogen-bond acceptors (Lipinski definition) is 3. The largest absolute Gasteiger partial charge is 0.481 e. The number of aliphatic carboxylic acids is 1. The zero-order valence-electron chi connectivity index (χ0n) is 11.2. The number of amides is 2. The molecule has 3 N–H and O–H groups in total. The zero-order chi connectivity index (χ0) is 13.8. The predicted octanol–water partition coefficient (Wildman–Crippen LogP) is 0.964. The molecule has 1 aliphatic heterocycles. The summed E-state index contributed by atoms with van der Waals surface area (Å²) in [5.74, 6) is -0.601. The van der Waals surface area contributed by atoms with Gasteiger partial charge in [0.15, 0.2) is 0 Å². The number of hydrogen-bond donors (Lipinski definition) is 3. The van der Waals surface area contributed by atoms with Crippen molar-refractivity contribution in [2.45, 2.75) is 45.3 Å². The van der Waals surface area contributed by atoms with Crippen LogP contribution in [-0.2, 0) is 9.53 Å². The molecule has 1 aliphatic rings. The van der Waals surface area contributed by atoms with Crippen molar-refractivity contribution >= 4 is 12.0 Å². The van der Waals surface area contributed by atoms with Crippen LogP contribution in [-0.4, -0.2) is 41.9 Å². The molecule has 1 saturated heterocycles. The fourth-order valence-electron chi connectivity index (χ4n) is 2.04. The average molecular weight is 258 g/mol. The highest BCUT2D eigenvalue weighted by Gasteiger charge is 2.26. The molecule has 0 spiro atoms. The molecular formula is C12H22N2O4. The molecule has 2 atom stereocenters. The van der Waals surface area contributed by atoms with Crippen molar-refractivity contribution in [3.8, 4) is 0 Å². The van der Waals surface area contributed by atoms with Gasteiger partial charge in [0.05, 0.1) is 12.5 Å². The first kappa shape index (κ1) is 14.8. The third kappa shape index (κ3) is 4.91. The van der Waals surface area contributed by atoms with Gasteiger partial charge in [-0.25, -0.2) is 4.79 Å². The number of carbonyl (C=O) groups excluding carboxylic acids is 1. The topological polar surface area (TPSA) is 87.7 Å². The summed E-state index contributed by atoms with van der Waals surface area (Å²) >= 11 is 0. The fraction of sp³-hybridized carbons (Fsp3) is 0.833. The van der Waals surface area contributed by atoms with E-state index in [9.17, 15) is 9.59 Å². The Morgan fingerprint density at radius 1 is 1.44 bits per heavy atom. The number of nitrogens with one attached hydrogen (secondary N) is 2. The van der Waals surface area contributed by atoms with E-state index in [-0.39, 0.29) is 18.6 Å². The van der Waals surface area contributed by atoms with Gasteiger partial charge in [-0.2, -0.15) is 0 Å². The second-order valence-corrected chi connectivity index (χ2v) is 5.41. The van der Waals surface area contributed by atoms with Crippen LogP contribution in [0.4, 0.5) is 4.79 Å². The number of carboxylic acids is 1. The first-order chi connectivity index (χ1) is 8.30. The van der Waals surface area contributed by atoms with Crippen molar-refractivity contribution < 1.29 is 19.4 Å². The quantitative estimate of drug-likeness (QED) is 0.685. The monoisotopic (exact) mass is 258 g/mol. The van der Waals surface area contributed by atoms with Gasteiger partial charge < -0.3 is 20.5 Å². The van der Waals surface area contributed by atoms with Gasteiger partial charge in [-0.1, -0.05) is 0 Å². The van der Waals surface area contributed by atoms with Crippen molar-refractivity contribution in [2.75, 3.05) is 13.2 Å². The van der Waals surface area contributed by atoms with Crippen LogP contribution in [0.15, 0.2) is 0 Å². The lowest BCUT2D eigenvalue weighted by Gasteiger charge is -2.25. The van der Waals surface area contributed by atoms with E-state index in [1.165, 1.54) is 0 Å². The van der Waals surface area contributed by atoms with Crippen molar-refractivity contribution in [2.24, 2.45) is 5.92 Å². The minimum atomic E-state index is -0.932. The van der Waals surface area contributed by atoms with Crippen LogP contribution in [0.25, 0.3) is 0 Å². The lowest BCUT2D eigenvalue weighted by molar-refractivity contribution is -0.138. The Balaban J connectivity index is 2.30. The summed E-state index contributed by atoms with van der Waals surface area (Å²) in [6.45, 7) is 6.64. The van der Waals surface area contributed by atoms with E-state index in [0.717, 1.165) is 13.0 Å². The van der Waals surface area contributed by atoms with Crippen LogP contribution in [0.2, 0.25) is 0 Å². The SMILES string of the molecule is CC1OCCC1CNC(=O)NC(C)(C)CC(=O)O. The summed E-state index contributed by atoms with van der Waals surface area (Å²) in [5.41, 5.74) is -0.756. The smallest absolute Gasteiger partial charge is 0.315 e. The molecule has 0 bridgehead atoms. The minimum Gasteiger partial charge on any atom is -0.481 e. The van der Waals surface area contributed by atoms with Gasteiger partial charge in [0.2, 0.25) is 0 Å². The second kappa shape index (κ2) is 6.04. The van der Waals surface area contributed by atoms with Crippen LogP contribution in [0.1, 0.15) is 33.6 Å². The van der Waals surface area contributed by atoms with Gasteiger partial charge >= 0.3 is 12.0 Å². The van der Waals surface area contributed by atoms with Gasteiger partial charge in [0, 0.05) is 24.6 Å². The van der Waals surface area contributed by atoms with E-state index in [1.807, 2.05) is 6.92 Å². The molecule has 0 radical (unpaired) electrons. The summed E-state index contributed by atoms with van der Waals surface area (Å²) < 4.78 is 5.40. The van der Waals surface area contributed by atoms with E-state index < -0.39 is 11.5 Å². The molecule has 2 unspecified atom stereocenters. The summed E-state index contributed by atoms with van der Waals surface area (Å²) in [7, 11) is 0. The zero-order valence-corrected chi connectivity index (χ0v) is 11.2. The molecule has 0 aliphatic carbocycles. The maximum absolute atomic E-state index is 11.6. The number of urea groups is 1. The third-order valence-electron chi connectivity index (χ3n) is 3.10. The Morgan fingerprint density at radius 2 is 2.11 bits per heavy atom. The van der Waals surface area contributed by atoms with Gasteiger partial charge in [-0.05, 0) is 27.2 Å². The molecule has 1 fully saturated rings. The van der Waals surface area contributed by atoms with E-state index in [1.54, 1.807) is 13.8 Å². The molecule has 1 rings (SSSR count). The van der Waals surface area contributed by atoms with Crippen LogP contribution in [0.3, 0.4) is 0 Å². The number of carbonyl (C=O) groups is 2. The highest BCUT2D eigenvalue weighted by Crippen LogP contribution is 2.19. The maximum atomic E-state index is 11.6. The molecule has 0 saturated carbocycles. The molecule has 0 aromatic heterocycles. The van der Waals surface area contributed by atoms with Crippen LogP contribution >= 0.6 is 0 Å². The first-order valence-electron chi connectivity index (χ1n) is 6.19. The average Bonchev–Trinajstić information content (AvgIpc) is 2.58. The van der Waals surface area contributed by atoms with Gasteiger partial charge in [0.25, 0.3) is 0 Å². The summed E-state index contributed by atoms with van der Waals surface area (Å²) in [6, 6.07) is -0.333. The highest BCUT2D eigenvalue weighted by atomic mass is 16.5. The lowest BCUT2D eigenvalue weighted by atomic mass is 10.0. The van der Waals surface area contributed by atoms with Crippen LogP contribution in [0, 0.1) is 5.92 Å². The molecule has 1 heterocycles. The fourth-order valence-corrected chi connectivity index (χ4v) is 2.04. The Morgan fingerprint density at radius 3 is 2.61 bits per heavy atom. The van der Waals surface area contributed by atoms with Gasteiger partial charge in [0.1, 0.15) is 0 Å². The van der Waals surface area contributed by atoms with Crippen molar-refractivity contribution in [3.63, 3.8) is 0 Å². The summed E-state index contributed by atoms with van der Waals surface area (Å²) in [4.78, 5) is 22.3. The van der Waals surface area contributed by atoms with Crippen molar-refractivity contribution in [1.82, 2.24) is 10.6 Å². The van der Waals surface area contributed by atoms with Crippen LogP contribution < -0.4 is 10.6 Å². The molecule has 0 aromatic rings. The van der Waals surface area contributed by atoms with E-state index in [4.69, 9.17) is 9.84 Å². The summed E-state index contributed by atoms with van der Waals surface area (Å²) in [5, 5.41) is 14.1. The molecular weight excluding hydrogens is 236 g/mol. The molecule has 104 valence electrons. The Kier molecular flexibility index (Phi) is 4.95. The van der Waals surface area contributed by atoms with Gasteiger partial charge in [-0.15, -0.1) is 0 Å². The predicted molar refractivity (Wildman–Crippen MR) is 66.4 cm³/mol. The van der Waals surface area contributed by atoms with Crippen molar-refractivity contribution in [1.29, 1.82) is 0 Å². The van der Waals surface area contributed by atoms with E-state index in [2.05, 4.69) is 10.6 Å². The number of rotatable bonds is 5. The van der Waals surface area contributed by atoms with E-state index >= 15 is 0 Å². The molecule has 0 aromatic carbocycles. The molecule has 6 nitrogen and oxygen atoms in total. The number of ether oxygens (including phenoxy) is 1. The lowest BCUT2D eigenvalue weighted by Crippen LogP contribution is -2.50. The normalized spacial score (nSPS) is 23.7. The Bertz CT molecular complexity index is 317. The van der Waals surface area contributed by atoms with Gasteiger partial charge in [-0.3, -0.25) is 4.79 Å². The minimum absolute atomic E-state index is 0.108. The third-order valence-corrected chi connectivity index (χ3v) is 3.10. The van der Waals surface area contributed by atoms with Crippen LogP contribution in [0.5, 0.6) is 0 Å². The summed E-state index contributed by atoms with van der Waals surface area (Å²) in [6.07, 6.45) is 1.00. The first-order valence-corrected chi connectivity index (χ1v) is 6.19. The second-order valence-electron chi connectivity index (χ2n) is 5.41. The van der Waals surface area contributed by atoms with Crippen molar-refractivity contribution in [3.05, 3.63) is 0 Å². The Hall–Kier alpha value is -1.30. The van der Waals surface area contributed by atoms with E-state index in [0.29, 0.717) is 12.5 Å².